The second-order valence-electron chi connectivity index (χ2n) is 6.63. The Morgan fingerprint density at radius 2 is 1.86 bits per heavy atom. The summed E-state index contributed by atoms with van der Waals surface area (Å²) in [7, 11) is 0. The topological polar surface area (TPSA) is 73.2 Å². The molecule has 0 saturated carbocycles. The summed E-state index contributed by atoms with van der Waals surface area (Å²) in [5.74, 6) is -0.925. The molecule has 0 saturated heterocycles. The van der Waals surface area contributed by atoms with Crippen LogP contribution in [0.3, 0.4) is 0 Å². The van der Waals surface area contributed by atoms with Crippen molar-refractivity contribution in [2.24, 2.45) is 0 Å². The van der Waals surface area contributed by atoms with E-state index in [2.05, 4.69) is 10.4 Å². The molecule has 1 heterocycles. The van der Waals surface area contributed by atoms with Crippen molar-refractivity contribution in [3.63, 3.8) is 0 Å². The summed E-state index contributed by atoms with van der Waals surface area (Å²) in [6.45, 7) is 3.92. The molecule has 0 fully saturated rings. The van der Waals surface area contributed by atoms with Gasteiger partial charge in [0.15, 0.2) is 17.7 Å². The van der Waals surface area contributed by atoms with Crippen LogP contribution in [0, 0.1) is 12.7 Å². The van der Waals surface area contributed by atoms with E-state index in [1.165, 1.54) is 29.8 Å². The van der Waals surface area contributed by atoms with Gasteiger partial charge in [-0.25, -0.2) is 9.07 Å². The number of aromatic nitrogens is 2. The molecule has 150 valence electrons. The Hall–Kier alpha value is -3.48. The van der Waals surface area contributed by atoms with Crippen LogP contribution < -0.4 is 15.6 Å². The Labute approximate surface area is 168 Å². The third-order valence-corrected chi connectivity index (χ3v) is 4.35. The van der Waals surface area contributed by atoms with Gasteiger partial charge in [-0.1, -0.05) is 42.0 Å². The number of hydrogen-bond donors (Lipinski definition) is 1. The summed E-state index contributed by atoms with van der Waals surface area (Å²) in [6, 6.07) is 16.8. The van der Waals surface area contributed by atoms with Crippen LogP contribution in [0.5, 0.6) is 5.75 Å². The molecule has 1 amide bonds. The predicted molar refractivity (Wildman–Crippen MR) is 108 cm³/mol. The molecule has 1 N–H and O–H groups in total. The molecule has 3 rings (SSSR count). The molecule has 0 unspecified atom stereocenters. The first kappa shape index (κ1) is 20.3. The van der Waals surface area contributed by atoms with Gasteiger partial charge in [-0.3, -0.25) is 9.59 Å². The lowest BCUT2D eigenvalue weighted by Gasteiger charge is -2.15. The maximum Gasteiger partial charge on any atom is 0.266 e. The van der Waals surface area contributed by atoms with Gasteiger partial charge in [-0.05, 0) is 32.0 Å². The van der Waals surface area contributed by atoms with Crippen LogP contribution in [0.4, 0.5) is 4.39 Å². The van der Waals surface area contributed by atoms with Gasteiger partial charge in [-0.2, -0.15) is 5.10 Å². The fourth-order valence-electron chi connectivity index (χ4n) is 2.70. The van der Waals surface area contributed by atoms with Gasteiger partial charge in [-0.15, -0.1) is 0 Å². The molecule has 0 aliphatic carbocycles. The van der Waals surface area contributed by atoms with Gasteiger partial charge in [0.2, 0.25) is 0 Å². The number of para-hydroxylation sites is 1. The molecule has 1 atom stereocenters. The molecule has 0 radical (unpaired) electrons. The third kappa shape index (κ3) is 5.28. The standard InChI is InChI=1S/C22H22FN3O3/c1-15-7-9-17(10-8-15)19-11-12-21(27)26(25-19)14-13-24-22(28)16(2)29-20-6-4-3-5-18(20)23/h3-12,16H,13-14H2,1-2H3,(H,24,28)/t16-/m0/s1. The molecule has 3 aromatic rings. The van der Waals surface area contributed by atoms with Gasteiger partial charge in [0, 0.05) is 18.2 Å². The first-order valence-electron chi connectivity index (χ1n) is 9.28. The average molecular weight is 395 g/mol. The molecule has 0 spiro atoms. The number of carbonyl (C=O) groups is 1. The van der Waals surface area contributed by atoms with Crippen LogP contribution in [0.25, 0.3) is 11.3 Å². The van der Waals surface area contributed by atoms with E-state index in [1.807, 2.05) is 31.2 Å². The van der Waals surface area contributed by atoms with Crippen LogP contribution in [-0.2, 0) is 11.3 Å². The summed E-state index contributed by atoms with van der Waals surface area (Å²) >= 11 is 0. The van der Waals surface area contributed by atoms with Crippen molar-refractivity contribution in [2.45, 2.75) is 26.5 Å². The van der Waals surface area contributed by atoms with E-state index in [0.717, 1.165) is 11.1 Å². The van der Waals surface area contributed by atoms with Crippen molar-refractivity contribution in [3.05, 3.63) is 82.4 Å². The van der Waals surface area contributed by atoms with E-state index < -0.39 is 17.8 Å². The van der Waals surface area contributed by atoms with Crippen molar-refractivity contribution < 1.29 is 13.9 Å². The number of halogens is 1. The summed E-state index contributed by atoms with van der Waals surface area (Å²) in [5, 5.41) is 7.04. The van der Waals surface area contributed by atoms with E-state index >= 15 is 0 Å². The lowest BCUT2D eigenvalue weighted by atomic mass is 10.1. The minimum Gasteiger partial charge on any atom is -0.478 e. The van der Waals surface area contributed by atoms with Gasteiger partial charge in [0.1, 0.15) is 0 Å². The number of nitrogens with one attached hydrogen (secondary N) is 1. The molecular formula is C22H22FN3O3. The minimum atomic E-state index is -0.879. The molecular weight excluding hydrogens is 373 g/mol. The molecule has 7 heteroatoms. The first-order chi connectivity index (χ1) is 13.9. The number of nitrogens with zero attached hydrogens (tertiary/aromatic N) is 2. The van der Waals surface area contributed by atoms with Crippen molar-refractivity contribution in [1.82, 2.24) is 15.1 Å². The molecule has 6 nitrogen and oxygen atoms in total. The number of ether oxygens (including phenoxy) is 1. The lowest BCUT2D eigenvalue weighted by molar-refractivity contribution is -0.127. The number of rotatable bonds is 7. The summed E-state index contributed by atoms with van der Waals surface area (Å²) in [4.78, 5) is 24.3. The summed E-state index contributed by atoms with van der Waals surface area (Å²) < 4.78 is 20.3. The fourth-order valence-corrected chi connectivity index (χ4v) is 2.70. The Morgan fingerprint density at radius 1 is 1.14 bits per heavy atom. The van der Waals surface area contributed by atoms with E-state index in [0.29, 0.717) is 5.69 Å². The Kier molecular flexibility index (Phi) is 6.39. The van der Waals surface area contributed by atoms with Crippen LogP contribution in [0.2, 0.25) is 0 Å². The molecule has 29 heavy (non-hydrogen) atoms. The minimum absolute atomic E-state index is 0.0128. The Bertz CT molecular complexity index is 1050. The first-order valence-corrected chi connectivity index (χ1v) is 9.28. The van der Waals surface area contributed by atoms with E-state index in [9.17, 15) is 14.0 Å². The lowest BCUT2D eigenvalue weighted by Crippen LogP contribution is -2.39. The number of amides is 1. The SMILES string of the molecule is Cc1ccc(-c2ccc(=O)n(CCNC(=O)[C@H](C)Oc3ccccc3F)n2)cc1. The fraction of sp³-hybridized carbons (Fsp3) is 0.227. The van der Waals surface area contributed by atoms with Crippen molar-refractivity contribution in [3.8, 4) is 17.0 Å². The third-order valence-electron chi connectivity index (χ3n) is 4.35. The van der Waals surface area contributed by atoms with Crippen LogP contribution in [0.15, 0.2) is 65.5 Å². The number of carbonyl (C=O) groups excluding carboxylic acids is 1. The number of hydrogen-bond acceptors (Lipinski definition) is 4. The highest BCUT2D eigenvalue weighted by Gasteiger charge is 2.16. The monoisotopic (exact) mass is 395 g/mol. The smallest absolute Gasteiger partial charge is 0.266 e. The van der Waals surface area contributed by atoms with E-state index in [4.69, 9.17) is 4.74 Å². The van der Waals surface area contributed by atoms with E-state index in [-0.39, 0.29) is 24.4 Å². The predicted octanol–water partition coefficient (Wildman–Crippen LogP) is 2.94. The maximum absolute atomic E-state index is 13.6. The van der Waals surface area contributed by atoms with Crippen LogP contribution in [0.1, 0.15) is 12.5 Å². The zero-order chi connectivity index (χ0) is 20.8. The Morgan fingerprint density at radius 3 is 2.59 bits per heavy atom. The highest BCUT2D eigenvalue weighted by molar-refractivity contribution is 5.80. The molecule has 0 aliphatic rings. The van der Waals surface area contributed by atoms with Gasteiger partial charge in [0.25, 0.3) is 11.5 Å². The molecule has 2 aromatic carbocycles. The van der Waals surface area contributed by atoms with Crippen molar-refractivity contribution in [1.29, 1.82) is 0 Å². The zero-order valence-corrected chi connectivity index (χ0v) is 16.3. The van der Waals surface area contributed by atoms with Gasteiger partial charge < -0.3 is 10.1 Å². The molecule has 1 aromatic heterocycles. The summed E-state index contributed by atoms with van der Waals surface area (Å²) in [6.07, 6.45) is -0.879. The highest BCUT2D eigenvalue weighted by Crippen LogP contribution is 2.17. The number of aryl methyl sites for hydroxylation is 1. The van der Waals surface area contributed by atoms with E-state index in [1.54, 1.807) is 18.2 Å². The highest BCUT2D eigenvalue weighted by atomic mass is 19.1. The second-order valence-corrected chi connectivity index (χ2v) is 6.63. The van der Waals surface area contributed by atoms with Crippen LogP contribution >= 0.6 is 0 Å². The van der Waals surface area contributed by atoms with Gasteiger partial charge >= 0.3 is 0 Å². The normalized spacial score (nSPS) is 11.7. The van der Waals surface area contributed by atoms with Crippen molar-refractivity contribution >= 4 is 5.91 Å². The average Bonchev–Trinajstić information content (AvgIpc) is 2.71. The molecule has 0 aliphatic heterocycles. The van der Waals surface area contributed by atoms with Gasteiger partial charge in [0.05, 0.1) is 12.2 Å². The zero-order valence-electron chi connectivity index (χ0n) is 16.3. The number of benzene rings is 2. The quantitative estimate of drug-likeness (QED) is 0.668. The maximum atomic E-state index is 13.6. The Balaban J connectivity index is 1.59. The van der Waals surface area contributed by atoms with Crippen molar-refractivity contribution in [2.75, 3.05) is 6.54 Å². The summed E-state index contributed by atoms with van der Waals surface area (Å²) in [5.41, 5.74) is 2.45. The largest absolute Gasteiger partial charge is 0.478 e. The van der Waals surface area contributed by atoms with Crippen LogP contribution in [-0.4, -0.2) is 28.3 Å². The second kappa shape index (κ2) is 9.14. The molecule has 0 bridgehead atoms.